The van der Waals surface area contributed by atoms with Gasteiger partial charge in [0.2, 0.25) is 5.91 Å². The van der Waals surface area contributed by atoms with E-state index in [2.05, 4.69) is 5.32 Å². The van der Waals surface area contributed by atoms with Gasteiger partial charge in [0.1, 0.15) is 13.1 Å². The van der Waals surface area contributed by atoms with Crippen molar-refractivity contribution in [3.8, 4) is 0 Å². The molecule has 0 spiro atoms. The summed E-state index contributed by atoms with van der Waals surface area (Å²) in [6.07, 6.45) is 0. The predicted octanol–water partition coefficient (Wildman–Crippen LogP) is 0.201. The zero-order valence-electron chi connectivity index (χ0n) is 9.92. The molecule has 1 heterocycles. The maximum Gasteiger partial charge on any atom is 0.332 e. The zero-order valence-corrected chi connectivity index (χ0v) is 9.92. The fourth-order valence-electron chi connectivity index (χ4n) is 1.73. The molecule has 1 aliphatic rings. The maximum absolute atomic E-state index is 12.0. The number of imide groups is 1. The molecule has 0 radical (unpaired) electrons. The fourth-order valence-corrected chi connectivity index (χ4v) is 1.73. The monoisotopic (exact) mass is 247 g/mol. The van der Waals surface area contributed by atoms with Gasteiger partial charge in [-0.3, -0.25) is 19.4 Å². The highest BCUT2D eigenvalue weighted by molar-refractivity contribution is 6.13. The highest BCUT2D eigenvalue weighted by atomic mass is 16.2. The second-order valence-electron chi connectivity index (χ2n) is 3.86. The third-order valence-corrected chi connectivity index (χ3v) is 2.70. The lowest BCUT2D eigenvalue weighted by molar-refractivity contribution is -0.130. The van der Waals surface area contributed by atoms with E-state index >= 15 is 0 Å². The number of amides is 4. The van der Waals surface area contributed by atoms with Crippen LogP contribution in [0.15, 0.2) is 30.3 Å². The molecule has 6 heteroatoms. The normalized spacial score (nSPS) is 15.2. The Hall–Kier alpha value is -2.37. The SMILES string of the molecule is CNC(=O)CN1C(=O)CN(c2ccccc2)C1=O. The van der Waals surface area contributed by atoms with Gasteiger partial charge in [0.15, 0.2) is 0 Å². The van der Waals surface area contributed by atoms with Gasteiger partial charge in [-0.15, -0.1) is 0 Å². The number of urea groups is 1. The van der Waals surface area contributed by atoms with Crippen LogP contribution in [0.4, 0.5) is 10.5 Å². The minimum atomic E-state index is -0.463. The van der Waals surface area contributed by atoms with Crippen molar-refractivity contribution in [2.24, 2.45) is 0 Å². The summed E-state index contributed by atoms with van der Waals surface area (Å²) in [5.41, 5.74) is 0.648. The highest BCUT2D eigenvalue weighted by Gasteiger charge is 2.37. The molecule has 0 aromatic heterocycles. The number of likely N-dealkylation sites (N-methyl/N-ethyl adjacent to an activating group) is 1. The van der Waals surface area contributed by atoms with Crippen molar-refractivity contribution in [3.63, 3.8) is 0 Å². The van der Waals surface area contributed by atoms with Gasteiger partial charge in [-0.25, -0.2) is 4.79 Å². The lowest BCUT2D eigenvalue weighted by atomic mass is 10.3. The van der Waals surface area contributed by atoms with E-state index in [1.165, 1.54) is 11.9 Å². The second-order valence-corrected chi connectivity index (χ2v) is 3.86. The molecule has 1 aromatic carbocycles. The average Bonchev–Trinajstić information content (AvgIpc) is 2.67. The Kier molecular flexibility index (Phi) is 3.27. The number of carbonyl (C=O) groups is 3. The molecule has 0 atom stereocenters. The van der Waals surface area contributed by atoms with Gasteiger partial charge in [-0.2, -0.15) is 0 Å². The molecule has 0 aliphatic carbocycles. The Balaban J connectivity index is 2.17. The largest absolute Gasteiger partial charge is 0.358 e. The molecule has 1 N–H and O–H groups in total. The number of para-hydroxylation sites is 1. The molecule has 0 saturated carbocycles. The molecule has 1 fully saturated rings. The quantitative estimate of drug-likeness (QED) is 0.776. The Bertz CT molecular complexity index is 487. The van der Waals surface area contributed by atoms with E-state index in [-0.39, 0.29) is 24.9 Å². The van der Waals surface area contributed by atoms with Crippen LogP contribution in [0.1, 0.15) is 0 Å². The first-order valence-electron chi connectivity index (χ1n) is 5.51. The Labute approximate surface area is 104 Å². The fraction of sp³-hybridized carbons (Fsp3) is 0.250. The summed E-state index contributed by atoms with van der Waals surface area (Å²) in [5, 5.41) is 2.38. The summed E-state index contributed by atoms with van der Waals surface area (Å²) in [4.78, 5) is 37.3. The van der Waals surface area contributed by atoms with Crippen molar-refractivity contribution in [3.05, 3.63) is 30.3 Å². The lowest BCUT2D eigenvalue weighted by Gasteiger charge is -2.16. The lowest BCUT2D eigenvalue weighted by Crippen LogP contribution is -2.40. The number of hydrogen-bond donors (Lipinski definition) is 1. The molecular formula is C12H13N3O3. The molecule has 1 aliphatic heterocycles. The minimum Gasteiger partial charge on any atom is -0.358 e. The Morgan fingerprint density at radius 1 is 1.28 bits per heavy atom. The Morgan fingerprint density at radius 2 is 1.94 bits per heavy atom. The van der Waals surface area contributed by atoms with Crippen LogP contribution in [0.3, 0.4) is 0 Å². The van der Waals surface area contributed by atoms with Crippen molar-refractivity contribution >= 4 is 23.5 Å². The summed E-state index contributed by atoms with van der Waals surface area (Å²) in [7, 11) is 1.46. The van der Waals surface area contributed by atoms with Crippen LogP contribution in [-0.2, 0) is 9.59 Å². The average molecular weight is 247 g/mol. The van der Waals surface area contributed by atoms with Crippen molar-refractivity contribution in [1.29, 1.82) is 0 Å². The van der Waals surface area contributed by atoms with E-state index < -0.39 is 6.03 Å². The molecule has 2 rings (SSSR count). The molecule has 1 saturated heterocycles. The number of rotatable bonds is 3. The number of nitrogens with one attached hydrogen (secondary N) is 1. The molecule has 0 bridgehead atoms. The zero-order chi connectivity index (χ0) is 13.1. The van der Waals surface area contributed by atoms with E-state index in [0.717, 1.165) is 4.90 Å². The first-order valence-corrected chi connectivity index (χ1v) is 5.51. The molecular weight excluding hydrogens is 234 g/mol. The smallest absolute Gasteiger partial charge is 0.332 e. The minimum absolute atomic E-state index is 0.0279. The summed E-state index contributed by atoms with van der Waals surface area (Å²) < 4.78 is 0. The Morgan fingerprint density at radius 3 is 2.56 bits per heavy atom. The molecule has 94 valence electrons. The molecule has 1 aromatic rings. The van der Waals surface area contributed by atoms with E-state index in [4.69, 9.17) is 0 Å². The van der Waals surface area contributed by atoms with Crippen molar-refractivity contribution in [2.45, 2.75) is 0 Å². The van der Waals surface area contributed by atoms with Crippen molar-refractivity contribution in [2.75, 3.05) is 25.0 Å². The summed E-state index contributed by atoms with van der Waals surface area (Å²) in [6, 6.07) is 8.43. The van der Waals surface area contributed by atoms with Crippen LogP contribution in [0.25, 0.3) is 0 Å². The van der Waals surface area contributed by atoms with E-state index in [0.29, 0.717) is 5.69 Å². The first kappa shape index (κ1) is 12.1. The van der Waals surface area contributed by atoms with E-state index in [9.17, 15) is 14.4 Å². The molecule has 18 heavy (non-hydrogen) atoms. The molecule has 4 amide bonds. The number of benzene rings is 1. The van der Waals surface area contributed by atoms with Crippen LogP contribution in [-0.4, -0.2) is 42.9 Å². The van der Waals surface area contributed by atoms with Crippen LogP contribution in [0, 0.1) is 0 Å². The summed E-state index contributed by atoms with van der Waals surface area (Å²) in [5.74, 6) is -0.737. The van der Waals surface area contributed by atoms with Crippen molar-refractivity contribution in [1.82, 2.24) is 10.2 Å². The second kappa shape index (κ2) is 4.87. The van der Waals surface area contributed by atoms with Crippen LogP contribution in [0.2, 0.25) is 0 Å². The summed E-state index contributed by atoms with van der Waals surface area (Å²) >= 11 is 0. The number of nitrogens with zero attached hydrogens (tertiary/aromatic N) is 2. The number of anilines is 1. The van der Waals surface area contributed by atoms with Gasteiger partial charge in [0.05, 0.1) is 0 Å². The summed E-state index contributed by atoms with van der Waals surface area (Å²) in [6.45, 7) is -0.267. The van der Waals surface area contributed by atoms with Gasteiger partial charge >= 0.3 is 6.03 Å². The third-order valence-electron chi connectivity index (χ3n) is 2.70. The van der Waals surface area contributed by atoms with Gasteiger partial charge < -0.3 is 5.32 Å². The van der Waals surface area contributed by atoms with Crippen LogP contribution < -0.4 is 10.2 Å². The van der Waals surface area contributed by atoms with Crippen LogP contribution >= 0.6 is 0 Å². The highest BCUT2D eigenvalue weighted by Crippen LogP contribution is 2.20. The van der Waals surface area contributed by atoms with E-state index in [1.807, 2.05) is 6.07 Å². The van der Waals surface area contributed by atoms with Gasteiger partial charge in [0.25, 0.3) is 5.91 Å². The third kappa shape index (κ3) is 2.17. The van der Waals surface area contributed by atoms with E-state index in [1.54, 1.807) is 24.3 Å². The van der Waals surface area contributed by atoms with Crippen LogP contribution in [0.5, 0.6) is 0 Å². The van der Waals surface area contributed by atoms with Crippen molar-refractivity contribution < 1.29 is 14.4 Å². The van der Waals surface area contributed by atoms with Gasteiger partial charge in [-0.1, -0.05) is 18.2 Å². The number of hydrogen-bond acceptors (Lipinski definition) is 3. The van der Waals surface area contributed by atoms with Gasteiger partial charge in [-0.05, 0) is 12.1 Å². The maximum atomic E-state index is 12.0. The molecule has 0 unspecified atom stereocenters. The standard InChI is InChI=1S/C12H13N3O3/c1-13-10(16)7-15-11(17)8-14(12(15)18)9-5-3-2-4-6-9/h2-6H,7-8H2,1H3,(H,13,16). The first-order chi connectivity index (χ1) is 8.63. The topological polar surface area (TPSA) is 69.7 Å². The molecule has 6 nitrogen and oxygen atoms in total. The number of carbonyl (C=O) groups excluding carboxylic acids is 3. The van der Waals surface area contributed by atoms with Gasteiger partial charge in [0, 0.05) is 12.7 Å². The predicted molar refractivity (Wildman–Crippen MR) is 65.0 cm³/mol.